The number of nitrogens with zero attached hydrogens (tertiary/aromatic N) is 1. The van der Waals surface area contributed by atoms with Gasteiger partial charge in [-0.05, 0) is 195 Å². The zero-order valence-corrected chi connectivity index (χ0v) is 39.9. The first-order valence-electron chi connectivity index (χ1n) is 23.5. The molecule has 3 N–H and O–H groups in total. The van der Waals surface area contributed by atoms with Gasteiger partial charge in [-0.2, -0.15) is 0 Å². The third kappa shape index (κ3) is 19.0. The summed E-state index contributed by atoms with van der Waals surface area (Å²) in [6, 6.07) is 10.8. The van der Waals surface area contributed by atoms with E-state index in [0.717, 1.165) is 102 Å². The van der Waals surface area contributed by atoms with Crippen LogP contribution in [-0.4, -0.2) is 90.6 Å². The van der Waals surface area contributed by atoms with E-state index in [4.69, 9.17) is 18.9 Å². The Morgan fingerprint density at radius 3 is 1.46 bits per heavy atom. The molecule has 4 aliphatic rings. The minimum atomic E-state index is -0.464. The van der Waals surface area contributed by atoms with Crippen molar-refractivity contribution in [2.45, 2.75) is 200 Å². The highest BCUT2D eigenvalue weighted by Gasteiger charge is 2.32. The van der Waals surface area contributed by atoms with Crippen molar-refractivity contribution >= 4 is 18.0 Å². The van der Waals surface area contributed by atoms with Crippen molar-refractivity contribution in [1.29, 1.82) is 0 Å². The summed E-state index contributed by atoms with van der Waals surface area (Å²) in [5.74, 6) is 2.14. The van der Waals surface area contributed by atoms with Gasteiger partial charge in [0.25, 0.3) is 0 Å². The van der Waals surface area contributed by atoms with E-state index in [0.29, 0.717) is 42.2 Å². The van der Waals surface area contributed by atoms with Crippen LogP contribution in [0.15, 0.2) is 36.4 Å². The lowest BCUT2D eigenvalue weighted by molar-refractivity contribution is -0.120. The molecule has 2 amide bonds. The van der Waals surface area contributed by atoms with Gasteiger partial charge in [0, 0.05) is 43.1 Å². The zero-order valence-electron chi connectivity index (χ0n) is 39.9. The molecular weight excluding hydrogens is 807 g/mol. The lowest BCUT2D eigenvalue weighted by Gasteiger charge is -2.41. The minimum Gasteiger partial charge on any atom is -0.491 e. The number of Topliss-reactive ketones (excluding diaryl/α,β-unsaturated/α-hetero) is 1. The maximum atomic E-state index is 13.7. The number of hydrogen-bond acceptors (Lipinski definition) is 9. The number of halogens is 2. The number of piperidine rings is 2. The molecule has 0 aromatic heterocycles. The summed E-state index contributed by atoms with van der Waals surface area (Å²) in [6.45, 7) is 23.2. The van der Waals surface area contributed by atoms with Gasteiger partial charge in [-0.1, -0.05) is 12.1 Å². The number of ether oxygens (including phenoxy) is 4. The van der Waals surface area contributed by atoms with Gasteiger partial charge >= 0.3 is 12.2 Å². The molecular formula is C50H78F2N4O7. The first-order chi connectivity index (χ1) is 29.6. The highest BCUT2D eigenvalue weighted by atomic mass is 19.1. The number of carbonyl (C=O) groups excluding carboxylic acids is 3. The van der Waals surface area contributed by atoms with Crippen LogP contribution in [0.5, 0.6) is 11.5 Å². The van der Waals surface area contributed by atoms with Gasteiger partial charge in [-0.25, -0.2) is 18.4 Å². The molecule has 2 aromatic rings. The number of likely N-dealkylation sites (tertiary alicyclic amines) is 1. The van der Waals surface area contributed by atoms with E-state index in [-0.39, 0.29) is 53.9 Å². The molecule has 0 atom stereocenters. The van der Waals surface area contributed by atoms with Gasteiger partial charge < -0.3 is 39.8 Å². The topological polar surface area (TPSA) is 127 Å². The van der Waals surface area contributed by atoms with Crippen LogP contribution in [-0.2, 0) is 14.3 Å². The third-order valence-electron chi connectivity index (χ3n) is 11.6. The fraction of sp³-hybridized carbons (Fsp3) is 0.700. The van der Waals surface area contributed by atoms with E-state index in [1.54, 1.807) is 6.07 Å². The molecule has 354 valence electrons. The average molecular weight is 885 g/mol. The third-order valence-corrected chi connectivity index (χ3v) is 11.6. The van der Waals surface area contributed by atoms with Crippen LogP contribution in [0.2, 0.25) is 0 Å². The van der Waals surface area contributed by atoms with Crippen LogP contribution < -0.4 is 25.4 Å². The average Bonchev–Trinajstić information content (AvgIpc) is 3.18. The number of rotatable bonds is 9. The Hall–Kier alpha value is -3.97. The van der Waals surface area contributed by atoms with Crippen LogP contribution in [0.1, 0.15) is 169 Å². The van der Waals surface area contributed by atoms with Crippen LogP contribution >= 0.6 is 0 Å². The van der Waals surface area contributed by atoms with E-state index in [9.17, 15) is 23.2 Å². The molecule has 0 radical (unpaired) electrons. The van der Waals surface area contributed by atoms with Crippen LogP contribution in [0.4, 0.5) is 18.4 Å². The Morgan fingerprint density at radius 1 is 0.635 bits per heavy atom. The van der Waals surface area contributed by atoms with Crippen molar-refractivity contribution in [2.75, 3.05) is 26.2 Å². The monoisotopic (exact) mass is 885 g/mol. The van der Waals surface area contributed by atoms with Crippen LogP contribution in [0.3, 0.4) is 0 Å². The number of nitrogens with one attached hydrogen (secondary N) is 3. The fourth-order valence-corrected chi connectivity index (χ4v) is 8.73. The Labute approximate surface area is 376 Å². The smallest absolute Gasteiger partial charge is 0.407 e. The number of benzene rings is 2. The Kier molecular flexibility index (Phi) is 20.0. The van der Waals surface area contributed by atoms with Crippen molar-refractivity contribution in [3.8, 4) is 11.5 Å². The van der Waals surface area contributed by atoms with E-state index in [1.165, 1.54) is 18.2 Å². The maximum Gasteiger partial charge on any atom is 0.407 e. The second kappa shape index (κ2) is 24.4. The Morgan fingerprint density at radius 2 is 1.05 bits per heavy atom. The second-order valence-electron chi connectivity index (χ2n) is 20.1. The van der Waals surface area contributed by atoms with Crippen LogP contribution in [0.25, 0.3) is 0 Å². The van der Waals surface area contributed by atoms with Gasteiger partial charge in [-0.15, -0.1) is 0 Å². The summed E-state index contributed by atoms with van der Waals surface area (Å²) in [7, 11) is 0. The molecule has 2 aliphatic carbocycles. The molecule has 2 aromatic carbocycles. The standard InChI is InChI=1S/C25H39FN2O3.C14H20FNO.C11H19NO3/c1-17(2)30-23-16-19(26)6-11-22(23)18-12-14-28(15-13-18)21-9-7-20(8-10-21)27-24(29)31-25(3,4)5;1-10(2)17-14-9-12(15)3-4-13(14)11-5-7-16-8-6-11;1-11(2,3)15-10(14)12-8-4-6-9(13)7-5-8/h6,11,16-18,20-21H,7-10,12-15H2,1-5H3,(H,27,29);3-4,9-11,16H,5-8H2,1-2H3;8H,4-7H2,1-3H3,(H,12,14). The fourth-order valence-electron chi connectivity index (χ4n) is 8.73. The molecule has 63 heavy (non-hydrogen) atoms. The quantitative estimate of drug-likeness (QED) is 0.226. The Bertz CT molecular complexity index is 1730. The number of hydrogen-bond donors (Lipinski definition) is 3. The molecule has 0 unspecified atom stereocenters. The lowest BCUT2D eigenvalue weighted by atomic mass is 9.85. The Balaban J connectivity index is 0.000000229. The molecule has 2 saturated heterocycles. The molecule has 11 nitrogen and oxygen atoms in total. The summed E-state index contributed by atoms with van der Waals surface area (Å²) >= 11 is 0. The van der Waals surface area contributed by atoms with Crippen molar-refractivity contribution in [3.63, 3.8) is 0 Å². The summed E-state index contributed by atoms with van der Waals surface area (Å²) in [5, 5.41) is 9.15. The zero-order chi connectivity index (χ0) is 46.3. The summed E-state index contributed by atoms with van der Waals surface area (Å²) in [4.78, 5) is 37.0. The SMILES string of the molecule is CC(C)(C)OC(=O)NC1CCC(=O)CC1.CC(C)Oc1cc(F)ccc1C1CCN(C2CCC(NC(=O)OC(C)(C)C)CC2)CC1.CC(C)Oc1cc(F)ccc1C1CCNCC1. The van der Waals surface area contributed by atoms with Crippen molar-refractivity contribution in [1.82, 2.24) is 20.9 Å². The highest BCUT2D eigenvalue weighted by molar-refractivity contribution is 5.79. The van der Waals surface area contributed by atoms with Crippen molar-refractivity contribution < 1.29 is 42.1 Å². The molecule has 2 heterocycles. The van der Waals surface area contributed by atoms with Gasteiger partial charge in [0.05, 0.1) is 12.2 Å². The van der Waals surface area contributed by atoms with Crippen LogP contribution in [0, 0.1) is 11.6 Å². The first-order valence-corrected chi connectivity index (χ1v) is 23.5. The predicted octanol–water partition coefficient (Wildman–Crippen LogP) is 10.7. The minimum absolute atomic E-state index is 0.0325. The van der Waals surface area contributed by atoms with E-state index in [2.05, 4.69) is 20.9 Å². The molecule has 4 fully saturated rings. The largest absolute Gasteiger partial charge is 0.491 e. The lowest BCUT2D eigenvalue weighted by Crippen LogP contribution is -2.47. The summed E-state index contributed by atoms with van der Waals surface area (Å²) in [6.07, 6.45) is 10.5. The summed E-state index contributed by atoms with van der Waals surface area (Å²) in [5.41, 5.74) is 1.37. The van der Waals surface area contributed by atoms with Gasteiger partial charge in [0.1, 0.15) is 40.1 Å². The predicted molar refractivity (Wildman–Crippen MR) is 245 cm³/mol. The molecule has 0 bridgehead atoms. The molecule has 2 aliphatic heterocycles. The highest BCUT2D eigenvalue weighted by Crippen LogP contribution is 2.37. The number of alkyl carbamates (subject to hydrolysis) is 2. The normalized spacial score (nSPS) is 20.8. The molecule has 2 saturated carbocycles. The summed E-state index contributed by atoms with van der Waals surface area (Å²) < 4.78 is 49.1. The molecule has 6 rings (SSSR count). The second-order valence-corrected chi connectivity index (χ2v) is 20.1. The van der Waals surface area contributed by atoms with Gasteiger partial charge in [0.2, 0.25) is 0 Å². The maximum absolute atomic E-state index is 13.7. The van der Waals surface area contributed by atoms with Crippen molar-refractivity contribution in [2.24, 2.45) is 0 Å². The molecule has 0 spiro atoms. The number of carbonyl (C=O) groups is 3. The van der Waals surface area contributed by atoms with E-state index in [1.807, 2.05) is 81.4 Å². The van der Waals surface area contributed by atoms with E-state index < -0.39 is 11.2 Å². The molecule has 13 heteroatoms. The number of amides is 2. The van der Waals surface area contributed by atoms with Gasteiger partial charge in [-0.3, -0.25) is 4.79 Å². The van der Waals surface area contributed by atoms with Crippen molar-refractivity contribution in [3.05, 3.63) is 59.2 Å². The van der Waals surface area contributed by atoms with Gasteiger partial charge in [0.15, 0.2) is 0 Å². The first kappa shape index (κ1) is 51.7. The number of ketones is 1. The van der Waals surface area contributed by atoms with E-state index >= 15 is 0 Å².